The first kappa shape index (κ1) is 19.6. The van der Waals surface area contributed by atoms with E-state index in [9.17, 15) is 4.79 Å². The fourth-order valence-electron chi connectivity index (χ4n) is 2.52. The summed E-state index contributed by atoms with van der Waals surface area (Å²) in [5, 5.41) is 0.377. The second-order valence-electron chi connectivity index (χ2n) is 6.53. The fraction of sp³-hybridized carbons (Fsp3) is 0.556. The Bertz CT molecular complexity index is 564. The van der Waals surface area contributed by atoms with Gasteiger partial charge in [0.15, 0.2) is 5.78 Å². The molecule has 1 aromatic carbocycles. The Kier molecular flexibility index (Phi) is 7.54. The van der Waals surface area contributed by atoms with Crippen LogP contribution in [0.1, 0.15) is 52.0 Å². The summed E-state index contributed by atoms with van der Waals surface area (Å²) < 4.78 is 1.15. The highest BCUT2D eigenvalue weighted by molar-refractivity contribution is 14.1. The lowest BCUT2D eigenvalue weighted by Crippen LogP contribution is -2.34. The molecule has 0 saturated heterocycles. The molecule has 0 aliphatic carbocycles. The fourth-order valence-corrected chi connectivity index (χ4v) is 3.68. The zero-order valence-corrected chi connectivity index (χ0v) is 17.2. The molecule has 0 aliphatic heterocycles. The van der Waals surface area contributed by atoms with Gasteiger partial charge in [-0.25, -0.2) is 6.57 Å². The Hall–Kier alpha value is -0.410. The van der Waals surface area contributed by atoms with Crippen LogP contribution < -0.4 is 0 Å². The molecule has 120 valence electrons. The Morgan fingerprint density at radius 3 is 2.45 bits per heavy atom. The SMILES string of the molecule is [C-]#[N+]C(C)(C)CCCCC(C)(C(=O)CBr)c1cccc(I)c1. The van der Waals surface area contributed by atoms with Crippen LogP contribution >= 0.6 is 38.5 Å². The molecule has 0 aliphatic rings. The second kappa shape index (κ2) is 8.44. The number of alkyl halides is 1. The average molecular weight is 476 g/mol. The summed E-state index contributed by atoms with van der Waals surface area (Å²) in [6, 6.07) is 8.20. The van der Waals surface area contributed by atoms with Gasteiger partial charge in [0.1, 0.15) is 0 Å². The number of unbranched alkanes of at least 4 members (excludes halogenated alkanes) is 1. The number of ketones is 1. The minimum absolute atomic E-state index is 0.221. The molecule has 0 aromatic heterocycles. The molecule has 22 heavy (non-hydrogen) atoms. The maximum Gasteiger partial charge on any atom is 0.227 e. The third-order valence-corrected chi connectivity index (χ3v) is 5.40. The van der Waals surface area contributed by atoms with Crippen LogP contribution in [0.25, 0.3) is 4.85 Å². The van der Waals surface area contributed by atoms with Gasteiger partial charge in [0, 0.05) is 23.8 Å². The molecule has 0 radical (unpaired) electrons. The van der Waals surface area contributed by atoms with Crippen LogP contribution in [0.15, 0.2) is 24.3 Å². The monoisotopic (exact) mass is 475 g/mol. The van der Waals surface area contributed by atoms with E-state index in [1.807, 2.05) is 39.0 Å². The quantitative estimate of drug-likeness (QED) is 0.202. The second-order valence-corrected chi connectivity index (χ2v) is 8.34. The molecule has 1 rings (SSSR count). The number of rotatable bonds is 8. The first-order valence-corrected chi connectivity index (χ1v) is 9.69. The van der Waals surface area contributed by atoms with Crippen molar-refractivity contribution in [1.82, 2.24) is 0 Å². The summed E-state index contributed by atoms with van der Waals surface area (Å²) in [5.41, 5.74) is 0.346. The first-order chi connectivity index (χ1) is 10.2. The lowest BCUT2D eigenvalue weighted by atomic mass is 9.75. The van der Waals surface area contributed by atoms with Gasteiger partial charge in [-0.3, -0.25) is 4.79 Å². The molecule has 4 heteroatoms. The van der Waals surface area contributed by atoms with E-state index in [2.05, 4.69) is 49.4 Å². The smallest absolute Gasteiger partial charge is 0.227 e. The largest absolute Gasteiger partial charge is 0.311 e. The van der Waals surface area contributed by atoms with Crippen LogP contribution in [0, 0.1) is 10.1 Å². The highest BCUT2D eigenvalue weighted by Crippen LogP contribution is 2.33. The van der Waals surface area contributed by atoms with E-state index in [1.54, 1.807) is 0 Å². The van der Waals surface area contributed by atoms with Gasteiger partial charge in [0.05, 0.1) is 10.7 Å². The average Bonchev–Trinajstić information content (AvgIpc) is 2.50. The Morgan fingerprint density at radius 1 is 1.27 bits per heavy atom. The third-order valence-electron chi connectivity index (χ3n) is 4.22. The highest BCUT2D eigenvalue weighted by Gasteiger charge is 2.34. The van der Waals surface area contributed by atoms with Gasteiger partial charge < -0.3 is 4.85 Å². The van der Waals surface area contributed by atoms with Gasteiger partial charge in [-0.2, -0.15) is 0 Å². The van der Waals surface area contributed by atoms with Crippen LogP contribution in [0.2, 0.25) is 0 Å². The van der Waals surface area contributed by atoms with Gasteiger partial charge in [-0.1, -0.05) is 34.5 Å². The Labute approximate surface area is 156 Å². The molecular weight excluding hydrogens is 453 g/mol. The minimum Gasteiger partial charge on any atom is -0.311 e. The van der Waals surface area contributed by atoms with Gasteiger partial charge in [0.25, 0.3) is 0 Å². The van der Waals surface area contributed by atoms with E-state index in [1.165, 1.54) is 0 Å². The number of nitrogens with zero attached hydrogens (tertiary/aromatic N) is 1. The summed E-state index contributed by atoms with van der Waals surface area (Å²) >= 11 is 5.61. The molecule has 0 fully saturated rings. The minimum atomic E-state index is -0.451. The molecule has 2 nitrogen and oxygen atoms in total. The maximum absolute atomic E-state index is 12.5. The van der Waals surface area contributed by atoms with Gasteiger partial charge in [0.2, 0.25) is 5.54 Å². The van der Waals surface area contributed by atoms with E-state index in [0.717, 1.165) is 34.8 Å². The lowest BCUT2D eigenvalue weighted by molar-refractivity contribution is -0.121. The number of Topliss-reactive ketones (excluding diaryl/α,β-unsaturated/α-hetero) is 1. The summed E-state index contributed by atoms with van der Waals surface area (Å²) in [4.78, 5) is 16.1. The molecule has 0 bridgehead atoms. The van der Waals surface area contributed by atoms with Crippen molar-refractivity contribution in [3.05, 3.63) is 44.8 Å². The molecule has 1 atom stereocenters. The molecule has 1 aromatic rings. The van der Waals surface area contributed by atoms with Crippen molar-refractivity contribution in [2.75, 3.05) is 5.33 Å². The van der Waals surface area contributed by atoms with Crippen molar-refractivity contribution in [1.29, 1.82) is 0 Å². The van der Waals surface area contributed by atoms with Crippen LogP contribution in [0.5, 0.6) is 0 Å². The zero-order valence-electron chi connectivity index (χ0n) is 13.5. The standard InChI is InChI=1S/C18H23BrINO/c1-17(2,21-4)10-5-6-11-18(3,16(22)13-19)14-8-7-9-15(20)12-14/h7-9,12H,5-6,10-11,13H2,1-3H3. The van der Waals surface area contributed by atoms with Crippen molar-refractivity contribution in [2.45, 2.75) is 57.4 Å². The summed E-state index contributed by atoms with van der Waals surface area (Å²) in [6.07, 6.45) is 3.64. The lowest BCUT2D eigenvalue weighted by Gasteiger charge is -2.28. The van der Waals surface area contributed by atoms with Crippen molar-refractivity contribution in [3.8, 4) is 0 Å². The van der Waals surface area contributed by atoms with E-state index in [-0.39, 0.29) is 11.3 Å². The number of hydrogen-bond donors (Lipinski definition) is 0. The van der Waals surface area contributed by atoms with Crippen molar-refractivity contribution in [3.63, 3.8) is 0 Å². The molecule has 0 saturated carbocycles. The predicted octanol–water partition coefficient (Wildman–Crippen LogP) is 5.77. The zero-order chi connectivity index (χ0) is 16.8. The molecule has 0 amide bonds. The van der Waals surface area contributed by atoms with Crippen molar-refractivity contribution >= 4 is 44.3 Å². The number of halogens is 2. The predicted molar refractivity (Wildman–Crippen MR) is 104 cm³/mol. The maximum atomic E-state index is 12.5. The number of carbonyl (C=O) groups excluding carboxylic acids is 1. The van der Waals surface area contributed by atoms with E-state index >= 15 is 0 Å². The van der Waals surface area contributed by atoms with Gasteiger partial charge in [-0.15, -0.1) is 0 Å². The molecule has 0 spiro atoms. The normalized spacial score (nSPS) is 14.2. The summed E-state index contributed by atoms with van der Waals surface area (Å²) in [5.74, 6) is 0.221. The molecule has 0 N–H and O–H groups in total. The number of carbonyl (C=O) groups is 1. The number of benzene rings is 1. The van der Waals surface area contributed by atoms with E-state index in [4.69, 9.17) is 6.57 Å². The highest BCUT2D eigenvalue weighted by atomic mass is 127. The van der Waals surface area contributed by atoms with Crippen LogP contribution in [-0.4, -0.2) is 16.7 Å². The number of hydrogen-bond acceptors (Lipinski definition) is 1. The summed E-state index contributed by atoms with van der Waals surface area (Å²) in [7, 11) is 0. The van der Waals surface area contributed by atoms with Crippen LogP contribution in [0.4, 0.5) is 0 Å². The van der Waals surface area contributed by atoms with Crippen molar-refractivity contribution in [2.24, 2.45) is 0 Å². The third kappa shape index (κ3) is 5.34. The Balaban J connectivity index is 2.82. The molecule has 0 heterocycles. The summed E-state index contributed by atoms with van der Waals surface area (Å²) in [6.45, 7) is 13.2. The van der Waals surface area contributed by atoms with Crippen molar-refractivity contribution < 1.29 is 4.79 Å². The van der Waals surface area contributed by atoms with E-state index < -0.39 is 5.41 Å². The topological polar surface area (TPSA) is 21.4 Å². The molecular formula is C18H23BrINO. The van der Waals surface area contributed by atoms with Crippen LogP contribution in [0.3, 0.4) is 0 Å². The van der Waals surface area contributed by atoms with Crippen LogP contribution in [-0.2, 0) is 10.2 Å². The van der Waals surface area contributed by atoms with Gasteiger partial charge in [-0.05, 0) is 60.1 Å². The Morgan fingerprint density at radius 2 is 1.91 bits per heavy atom. The molecule has 1 unspecified atom stereocenters. The van der Waals surface area contributed by atoms with Gasteiger partial charge >= 0.3 is 0 Å². The van der Waals surface area contributed by atoms with E-state index in [0.29, 0.717) is 5.33 Å². The first-order valence-electron chi connectivity index (χ1n) is 7.49.